The number of pyridine rings is 1. The number of aromatic nitrogens is 1. The van der Waals surface area contributed by atoms with E-state index >= 15 is 0 Å². The minimum absolute atomic E-state index is 0.251. The van der Waals surface area contributed by atoms with Crippen LogP contribution >= 0.6 is 11.6 Å². The molecule has 1 unspecified atom stereocenters. The molecule has 1 aromatic rings. The van der Waals surface area contributed by atoms with Gasteiger partial charge < -0.3 is 10.1 Å². The van der Waals surface area contributed by atoms with Gasteiger partial charge in [0, 0.05) is 18.0 Å². The predicted octanol–water partition coefficient (Wildman–Crippen LogP) is 3.16. The van der Waals surface area contributed by atoms with Crippen molar-refractivity contribution >= 4 is 17.4 Å². The van der Waals surface area contributed by atoms with Crippen molar-refractivity contribution in [2.75, 3.05) is 18.3 Å². The molecule has 0 fully saturated rings. The number of nitrogens with zero attached hydrogens (tertiary/aromatic N) is 1. The Balaban J connectivity index is 2.62. The summed E-state index contributed by atoms with van der Waals surface area (Å²) >= 11 is 5.91. The van der Waals surface area contributed by atoms with Crippen LogP contribution in [0.3, 0.4) is 0 Å². The number of alkyl halides is 1. The molecule has 1 N–H and O–H groups in total. The second-order valence-corrected chi connectivity index (χ2v) is 4.50. The van der Waals surface area contributed by atoms with Gasteiger partial charge in [0.25, 0.3) is 0 Å². The van der Waals surface area contributed by atoms with E-state index in [0.717, 1.165) is 12.2 Å². The monoisotopic (exact) mass is 242 g/mol. The zero-order valence-corrected chi connectivity index (χ0v) is 10.8. The highest BCUT2D eigenvalue weighted by atomic mass is 35.5. The molecule has 0 aliphatic carbocycles. The average Bonchev–Trinajstić information content (AvgIpc) is 2.28. The van der Waals surface area contributed by atoms with E-state index in [1.165, 1.54) is 0 Å². The number of halogens is 1. The first kappa shape index (κ1) is 13.1. The minimum Gasteiger partial charge on any atom is -0.481 e. The molecule has 90 valence electrons. The van der Waals surface area contributed by atoms with Crippen molar-refractivity contribution in [2.24, 2.45) is 5.92 Å². The standard InChI is InChI=1S/C12H19ClN2O/c1-9(2)7-10(8-13)14-11-5-4-6-12(15-11)16-3/h4-6,9-10H,7-8H2,1-3H3,(H,14,15). The van der Waals surface area contributed by atoms with Crippen molar-refractivity contribution < 1.29 is 4.74 Å². The lowest BCUT2D eigenvalue weighted by Crippen LogP contribution is -2.23. The minimum atomic E-state index is 0.251. The molecule has 0 aliphatic rings. The van der Waals surface area contributed by atoms with Crippen LogP contribution in [0.2, 0.25) is 0 Å². The number of hydrogen-bond donors (Lipinski definition) is 1. The molecule has 0 saturated heterocycles. The first-order valence-electron chi connectivity index (χ1n) is 5.49. The van der Waals surface area contributed by atoms with Gasteiger partial charge in [-0.25, -0.2) is 0 Å². The predicted molar refractivity (Wildman–Crippen MR) is 68.4 cm³/mol. The molecule has 0 amide bonds. The molecule has 0 saturated carbocycles. The lowest BCUT2D eigenvalue weighted by molar-refractivity contribution is 0.398. The Bertz CT molecular complexity index is 318. The van der Waals surface area contributed by atoms with Crippen LogP contribution in [0.4, 0.5) is 5.82 Å². The van der Waals surface area contributed by atoms with Gasteiger partial charge in [0.2, 0.25) is 5.88 Å². The number of hydrogen-bond acceptors (Lipinski definition) is 3. The number of ether oxygens (including phenoxy) is 1. The normalized spacial score (nSPS) is 12.6. The Morgan fingerprint density at radius 1 is 1.44 bits per heavy atom. The molecular weight excluding hydrogens is 224 g/mol. The maximum atomic E-state index is 5.91. The highest BCUT2D eigenvalue weighted by molar-refractivity contribution is 6.18. The smallest absolute Gasteiger partial charge is 0.214 e. The van der Waals surface area contributed by atoms with Gasteiger partial charge in [0.05, 0.1) is 7.11 Å². The highest BCUT2D eigenvalue weighted by Gasteiger charge is 2.10. The zero-order chi connectivity index (χ0) is 12.0. The van der Waals surface area contributed by atoms with Crippen LogP contribution in [0.1, 0.15) is 20.3 Å². The Morgan fingerprint density at radius 2 is 2.19 bits per heavy atom. The van der Waals surface area contributed by atoms with Crippen molar-refractivity contribution in [1.29, 1.82) is 0 Å². The average molecular weight is 243 g/mol. The molecule has 3 nitrogen and oxygen atoms in total. The molecule has 16 heavy (non-hydrogen) atoms. The van der Waals surface area contributed by atoms with E-state index in [2.05, 4.69) is 24.1 Å². The fourth-order valence-corrected chi connectivity index (χ4v) is 1.75. The van der Waals surface area contributed by atoms with Gasteiger partial charge in [-0.3, -0.25) is 0 Å². The van der Waals surface area contributed by atoms with Gasteiger partial charge in [0.15, 0.2) is 0 Å². The van der Waals surface area contributed by atoms with Gasteiger partial charge in [0.1, 0.15) is 5.82 Å². The Kier molecular flexibility index (Phi) is 5.39. The highest BCUT2D eigenvalue weighted by Crippen LogP contribution is 2.15. The van der Waals surface area contributed by atoms with Gasteiger partial charge in [-0.2, -0.15) is 4.98 Å². The van der Waals surface area contributed by atoms with Crippen LogP contribution in [-0.4, -0.2) is 24.0 Å². The van der Waals surface area contributed by atoms with E-state index in [0.29, 0.717) is 17.7 Å². The number of methoxy groups -OCH3 is 1. The topological polar surface area (TPSA) is 34.1 Å². The van der Waals surface area contributed by atoms with Crippen LogP contribution < -0.4 is 10.1 Å². The second kappa shape index (κ2) is 6.59. The molecule has 1 rings (SSSR count). The maximum absolute atomic E-state index is 5.91. The van der Waals surface area contributed by atoms with Crippen molar-refractivity contribution in [2.45, 2.75) is 26.3 Å². The third kappa shape index (κ3) is 4.27. The fourth-order valence-electron chi connectivity index (χ4n) is 1.55. The summed E-state index contributed by atoms with van der Waals surface area (Å²) in [5.41, 5.74) is 0. The first-order chi connectivity index (χ1) is 7.65. The molecule has 4 heteroatoms. The summed E-state index contributed by atoms with van der Waals surface area (Å²) in [5.74, 6) is 2.62. The van der Waals surface area contributed by atoms with Gasteiger partial charge >= 0.3 is 0 Å². The van der Waals surface area contributed by atoms with Crippen molar-refractivity contribution in [3.63, 3.8) is 0 Å². The van der Waals surface area contributed by atoms with E-state index < -0.39 is 0 Å². The summed E-state index contributed by atoms with van der Waals surface area (Å²) in [7, 11) is 1.61. The van der Waals surface area contributed by atoms with Gasteiger partial charge in [-0.15, -0.1) is 11.6 Å². The molecule has 1 atom stereocenters. The van der Waals surface area contributed by atoms with Crippen LogP contribution in [0.15, 0.2) is 18.2 Å². The molecule has 0 bridgehead atoms. The lowest BCUT2D eigenvalue weighted by Gasteiger charge is -2.18. The molecular formula is C12H19ClN2O. The Hall–Kier alpha value is -0.960. The second-order valence-electron chi connectivity index (χ2n) is 4.19. The summed E-state index contributed by atoms with van der Waals surface area (Å²) in [5, 5.41) is 3.31. The van der Waals surface area contributed by atoms with Gasteiger partial charge in [-0.1, -0.05) is 19.9 Å². The lowest BCUT2D eigenvalue weighted by atomic mass is 10.1. The SMILES string of the molecule is COc1cccc(NC(CCl)CC(C)C)n1. The molecule has 1 heterocycles. The van der Waals surface area contributed by atoms with E-state index in [-0.39, 0.29) is 6.04 Å². The summed E-state index contributed by atoms with van der Waals surface area (Å²) in [6, 6.07) is 5.90. The van der Waals surface area contributed by atoms with Crippen LogP contribution in [0.5, 0.6) is 5.88 Å². The molecule has 0 spiro atoms. The molecule has 1 aromatic heterocycles. The molecule has 0 radical (unpaired) electrons. The van der Waals surface area contributed by atoms with E-state index in [4.69, 9.17) is 16.3 Å². The van der Waals surface area contributed by atoms with E-state index in [1.807, 2.05) is 18.2 Å². The van der Waals surface area contributed by atoms with Gasteiger partial charge in [-0.05, 0) is 18.4 Å². The third-order valence-corrected chi connectivity index (χ3v) is 2.60. The third-order valence-electron chi connectivity index (χ3n) is 2.23. The van der Waals surface area contributed by atoms with E-state index in [1.54, 1.807) is 7.11 Å². The zero-order valence-electron chi connectivity index (χ0n) is 10.0. The quantitative estimate of drug-likeness (QED) is 0.779. The van der Waals surface area contributed by atoms with Crippen molar-refractivity contribution in [3.05, 3.63) is 18.2 Å². The van der Waals surface area contributed by atoms with Crippen LogP contribution in [0.25, 0.3) is 0 Å². The number of rotatable bonds is 6. The Morgan fingerprint density at radius 3 is 2.75 bits per heavy atom. The van der Waals surface area contributed by atoms with Crippen LogP contribution in [0, 0.1) is 5.92 Å². The van der Waals surface area contributed by atoms with Crippen molar-refractivity contribution in [1.82, 2.24) is 4.98 Å². The first-order valence-corrected chi connectivity index (χ1v) is 6.02. The van der Waals surface area contributed by atoms with E-state index in [9.17, 15) is 0 Å². The summed E-state index contributed by atoms with van der Waals surface area (Å²) in [6.07, 6.45) is 1.03. The Labute approximate surface area is 102 Å². The molecule has 0 aromatic carbocycles. The van der Waals surface area contributed by atoms with Crippen LogP contribution in [-0.2, 0) is 0 Å². The fraction of sp³-hybridized carbons (Fsp3) is 0.583. The summed E-state index contributed by atoms with van der Waals surface area (Å²) in [4.78, 5) is 4.29. The largest absolute Gasteiger partial charge is 0.481 e. The summed E-state index contributed by atoms with van der Waals surface area (Å²) in [6.45, 7) is 4.36. The number of nitrogens with one attached hydrogen (secondary N) is 1. The maximum Gasteiger partial charge on any atom is 0.214 e. The number of anilines is 1. The summed E-state index contributed by atoms with van der Waals surface area (Å²) < 4.78 is 5.07. The van der Waals surface area contributed by atoms with Crippen molar-refractivity contribution in [3.8, 4) is 5.88 Å². The molecule has 0 aliphatic heterocycles.